The van der Waals surface area contributed by atoms with Gasteiger partial charge < -0.3 is 14.8 Å². The number of carbonyl (C=O) groups excluding carboxylic acids is 1. The standard InChI is InChI=1S/C10H14N2O4/c1-3-4-7(10(14)15)12-9(13)8-6(2)11-5-16-8/h5,7H,3-4H2,1-2H3,(H,12,13)(H,14,15). The number of nitrogens with one attached hydrogen (secondary N) is 1. The largest absolute Gasteiger partial charge is 0.480 e. The van der Waals surface area contributed by atoms with E-state index in [-0.39, 0.29) is 5.76 Å². The molecule has 0 aliphatic heterocycles. The minimum Gasteiger partial charge on any atom is -0.480 e. The summed E-state index contributed by atoms with van der Waals surface area (Å²) >= 11 is 0. The number of hydrogen-bond acceptors (Lipinski definition) is 4. The minimum atomic E-state index is -1.05. The summed E-state index contributed by atoms with van der Waals surface area (Å²) in [5.41, 5.74) is 0.443. The number of hydrogen-bond donors (Lipinski definition) is 2. The van der Waals surface area contributed by atoms with Crippen molar-refractivity contribution in [2.24, 2.45) is 0 Å². The number of rotatable bonds is 5. The normalized spacial score (nSPS) is 12.1. The van der Waals surface area contributed by atoms with Crippen LogP contribution in [0.5, 0.6) is 0 Å². The average Bonchev–Trinajstić information content (AvgIpc) is 2.63. The van der Waals surface area contributed by atoms with Crippen molar-refractivity contribution in [1.29, 1.82) is 0 Å². The first-order valence-electron chi connectivity index (χ1n) is 5.00. The van der Waals surface area contributed by atoms with Gasteiger partial charge in [-0.15, -0.1) is 0 Å². The van der Waals surface area contributed by atoms with Crippen LogP contribution in [0.1, 0.15) is 36.0 Å². The molecule has 0 aromatic carbocycles. The first kappa shape index (κ1) is 12.2. The molecule has 1 atom stereocenters. The monoisotopic (exact) mass is 226 g/mol. The Hall–Kier alpha value is -1.85. The van der Waals surface area contributed by atoms with E-state index in [2.05, 4.69) is 10.3 Å². The number of aryl methyl sites for hydroxylation is 1. The number of amides is 1. The van der Waals surface area contributed by atoms with Crippen molar-refractivity contribution in [1.82, 2.24) is 10.3 Å². The lowest BCUT2D eigenvalue weighted by molar-refractivity contribution is -0.139. The Bertz CT molecular complexity index is 386. The molecule has 88 valence electrons. The second-order valence-corrected chi connectivity index (χ2v) is 3.42. The summed E-state index contributed by atoms with van der Waals surface area (Å²) < 4.78 is 4.87. The number of nitrogens with zero attached hydrogens (tertiary/aromatic N) is 1. The second kappa shape index (κ2) is 5.29. The molecule has 6 heteroatoms. The van der Waals surface area contributed by atoms with Crippen molar-refractivity contribution < 1.29 is 19.1 Å². The Labute approximate surface area is 92.7 Å². The van der Waals surface area contributed by atoms with E-state index < -0.39 is 17.9 Å². The van der Waals surface area contributed by atoms with E-state index in [1.54, 1.807) is 6.92 Å². The number of carboxylic acid groups (broad SMARTS) is 1. The second-order valence-electron chi connectivity index (χ2n) is 3.42. The molecule has 16 heavy (non-hydrogen) atoms. The minimum absolute atomic E-state index is 0.0577. The maximum Gasteiger partial charge on any atom is 0.326 e. The van der Waals surface area contributed by atoms with Crippen molar-refractivity contribution in [3.63, 3.8) is 0 Å². The molecular weight excluding hydrogens is 212 g/mol. The molecule has 1 unspecified atom stereocenters. The van der Waals surface area contributed by atoms with Crippen LogP contribution in [0.2, 0.25) is 0 Å². The van der Waals surface area contributed by atoms with Gasteiger partial charge in [-0.3, -0.25) is 4.79 Å². The third-order valence-corrected chi connectivity index (χ3v) is 2.13. The van der Waals surface area contributed by atoms with Crippen LogP contribution in [0.25, 0.3) is 0 Å². The van der Waals surface area contributed by atoms with Crippen LogP contribution in [-0.4, -0.2) is 28.0 Å². The van der Waals surface area contributed by atoms with Crippen molar-refractivity contribution in [3.05, 3.63) is 17.8 Å². The fourth-order valence-electron chi connectivity index (χ4n) is 1.29. The number of oxazole rings is 1. The first-order chi connectivity index (χ1) is 7.56. The highest BCUT2D eigenvalue weighted by Crippen LogP contribution is 2.06. The Morgan fingerprint density at radius 1 is 1.62 bits per heavy atom. The van der Waals surface area contributed by atoms with Gasteiger partial charge in [-0.05, 0) is 13.3 Å². The van der Waals surface area contributed by atoms with E-state index >= 15 is 0 Å². The highest BCUT2D eigenvalue weighted by atomic mass is 16.4. The molecule has 0 spiro atoms. The quantitative estimate of drug-likeness (QED) is 0.780. The number of aromatic nitrogens is 1. The van der Waals surface area contributed by atoms with Gasteiger partial charge in [0.2, 0.25) is 5.76 Å². The molecule has 0 bridgehead atoms. The summed E-state index contributed by atoms with van der Waals surface area (Å²) in [5, 5.41) is 11.2. The Balaban J connectivity index is 2.69. The molecular formula is C10H14N2O4. The summed E-state index contributed by atoms with van der Waals surface area (Å²) in [4.78, 5) is 26.2. The summed E-state index contributed by atoms with van der Waals surface area (Å²) in [6.45, 7) is 3.47. The van der Waals surface area contributed by atoms with Gasteiger partial charge in [-0.2, -0.15) is 0 Å². The lowest BCUT2D eigenvalue weighted by Gasteiger charge is -2.12. The van der Waals surface area contributed by atoms with Crippen LogP contribution in [0.15, 0.2) is 10.8 Å². The third kappa shape index (κ3) is 2.82. The third-order valence-electron chi connectivity index (χ3n) is 2.13. The zero-order valence-electron chi connectivity index (χ0n) is 9.19. The van der Waals surface area contributed by atoms with Crippen molar-refractivity contribution >= 4 is 11.9 Å². The number of carbonyl (C=O) groups is 2. The maximum atomic E-state index is 11.6. The highest BCUT2D eigenvalue weighted by molar-refractivity contribution is 5.94. The molecule has 2 N–H and O–H groups in total. The summed E-state index contributed by atoms with van der Waals surface area (Å²) in [6, 6.07) is -0.887. The molecule has 0 aliphatic carbocycles. The van der Waals surface area contributed by atoms with Crippen molar-refractivity contribution in [3.8, 4) is 0 Å². The molecule has 1 rings (SSSR count). The Morgan fingerprint density at radius 3 is 2.75 bits per heavy atom. The van der Waals surface area contributed by atoms with E-state index in [4.69, 9.17) is 9.52 Å². The van der Waals surface area contributed by atoms with Crippen LogP contribution >= 0.6 is 0 Å². The van der Waals surface area contributed by atoms with Gasteiger partial charge >= 0.3 is 5.97 Å². The Kier molecular flexibility index (Phi) is 4.04. The summed E-state index contributed by atoms with van der Waals surface area (Å²) in [5.74, 6) is -1.54. The maximum absolute atomic E-state index is 11.6. The van der Waals surface area contributed by atoms with Crippen molar-refractivity contribution in [2.45, 2.75) is 32.7 Å². The molecule has 0 saturated carbocycles. The van der Waals surface area contributed by atoms with E-state index in [0.29, 0.717) is 18.5 Å². The molecule has 0 aliphatic rings. The molecule has 1 aromatic rings. The number of aliphatic carboxylic acids is 1. The van der Waals surface area contributed by atoms with Crippen LogP contribution in [0.4, 0.5) is 0 Å². The van der Waals surface area contributed by atoms with Crippen LogP contribution < -0.4 is 5.32 Å². The van der Waals surface area contributed by atoms with Crippen molar-refractivity contribution in [2.75, 3.05) is 0 Å². The summed E-state index contributed by atoms with van der Waals surface area (Å²) in [7, 11) is 0. The molecule has 0 fully saturated rings. The van der Waals surface area contributed by atoms with Crippen LogP contribution in [0.3, 0.4) is 0 Å². The molecule has 1 amide bonds. The van der Waals surface area contributed by atoms with Gasteiger partial charge in [-0.25, -0.2) is 9.78 Å². The molecule has 0 radical (unpaired) electrons. The lowest BCUT2D eigenvalue weighted by Crippen LogP contribution is -2.40. The van der Waals surface area contributed by atoms with Gasteiger partial charge in [0.05, 0.1) is 5.69 Å². The SMILES string of the molecule is CCCC(NC(=O)c1ocnc1C)C(=O)O. The predicted molar refractivity (Wildman–Crippen MR) is 55.0 cm³/mol. The molecule has 6 nitrogen and oxygen atoms in total. The van der Waals surface area contributed by atoms with Gasteiger partial charge in [0, 0.05) is 0 Å². The van der Waals surface area contributed by atoms with Gasteiger partial charge in [-0.1, -0.05) is 13.3 Å². The first-order valence-corrected chi connectivity index (χ1v) is 5.00. The highest BCUT2D eigenvalue weighted by Gasteiger charge is 2.22. The lowest BCUT2D eigenvalue weighted by atomic mass is 10.1. The zero-order chi connectivity index (χ0) is 12.1. The van der Waals surface area contributed by atoms with Crippen LogP contribution in [0, 0.1) is 6.92 Å². The van der Waals surface area contributed by atoms with Gasteiger partial charge in [0.15, 0.2) is 6.39 Å². The average molecular weight is 226 g/mol. The topological polar surface area (TPSA) is 92.4 Å². The predicted octanol–water partition coefficient (Wildman–Crippen LogP) is 0.966. The van der Waals surface area contributed by atoms with Crippen LogP contribution in [-0.2, 0) is 4.79 Å². The molecule has 1 aromatic heterocycles. The fraction of sp³-hybridized carbons (Fsp3) is 0.500. The van der Waals surface area contributed by atoms with Gasteiger partial charge in [0.1, 0.15) is 6.04 Å². The van der Waals surface area contributed by atoms with Gasteiger partial charge in [0.25, 0.3) is 5.91 Å². The smallest absolute Gasteiger partial charge is 0.326 e. The van der Waals surface area contributed by atoms with E-state index in [1.165, 1.54) is 0 Å². The van der Waals surface area contributed by atoms with E-state index in [0.717, 1.165) is 6.39 Å². The van der Waals surface area contributed by atoms with E-state index in [9.17, 15) is 9.59 Å². The van der Waals surface area contributed by atoms with E-state index in [1.807, 2.05) is 6.92 Å². The Morgan fingerprint density at radius 2 is 2.31 bits per heavy atom. The molecule has 1 heterocycles. The zero-order valence-corrected chi connectivity index (χ0v) is 9.19. The molecule has 0 saturated heterocycles. The fourth-order valence-corrected chi connectivity index (χ4v) is 1.29. The summed E-state index contributed by atoms with van der Waals surface area (Å²) in [6.07, 6.45) is 2.21. The number of carboxylic acids is 1.